The van der Waals surface area contributed by atoms with Gasteiger partial charge >= 0.3 is 0 Å². The van der Waals surface area contributed by atoms with Crippen molar-refractivity contribution in [2.75, 3.05) is 25.0 Å². The van der Waals surface area contributed by atoms with Crippen LogP contribution in [-0.4, -0.2) is 35.4 Å². The first-order valence-electron chi connectivity index (χ1n) is 7.61. The van der Waals surface area contributed by atoms with Gasteiger partial charge in [-0.1, -0.05) is 24.6 Å². The highest BCUT2D eigenvalue weighted by Gasteiger charge is 2.14. The van der Waals surface area contributed by atoms with Crippen molar-refractivity contribution in [2.24, 2.45) is 0 Å². The maximum atomic E-state index is 12.3. The molecule has 0 radical (unpaired) electrons. The van der Waals surface area contributed by atoms with Gasteiger partial charge in [-0.05, 0) is 45.0 Å². The van der Waals surface area contributed by atoms with Crippen molar-refractivity contribution in [1.29, 1.82) is 0 Å². The third-order valence-electron chi connectivity index (χ3n) is 3.93. The molecule has 4 nitrogen and oxygen atoms in total. The van der Waals surface area contributed by atoms with Crippen molar-refractivity contribution in [1.82, 2.24) is 9.88 Å². The minimum absolute atomic E-state index is 0.0626. The van der Waals surface area contributed by atoms with E-state index in [9.17, 15) is 4.79 Å². The summed E-state index contributed by atoms with van der Waals surface area (Å²) in [7, 11) is 0. The van der Waals surface area contributed by atoms with Gasteiger partial charge in [-0.15, -0.1) is 0 Å². The predicted octanol–water partition coefficient (Wildman–Crippen LogP) is 2.97. The number of aryl methyl sites for hydroxylation is 1. The van der Waals surface area contributed by atoms with Crippen molar-refractivity contribution in [3.63, 3.8) is 0 Å². The molecule has 0 atom stereocenters. The molecule has 0 unspecified atom stereocenters. The number of anilines is 1. The molecule has 1 N–H and O–H groups in total. The number of carbonyl (C=O) groups is 1. The number of nitrogens with zero attached hydrogens (tertiary/aromatic N) is 2. The maximum Gasteiger partial charge on any atom is 0.238 e. The molecule has 110 valence electrons. The fourth-order valence-corrected chi connectivity index (χ4v) is 2.92. The van der Waals surface area contributed by atoms with Gasteiger partial charge in [0.15, 0.2) is 0 Å². The van der Waals surface area contributed by atoms with Crippen molar-refractivity contribution in [3.05, 3.63) is 36.0 Å². The van der Waals surface area contributed by atoms with E-state index in [4.69, 9.17) is 0 Å². The lowest BCUT2D eigenvalue weighted by atomic mass is 10.1. The molecule has 1 aromatic heterocycles. The van der Waals surface area contributed by atoms with E-state index >= 15 is 0 Å². The maximum absolute atomic E-state index is 12.3. The van der Waals surface area contributed by atoms with Crippen LogP contribution in [0, 0.1) is 6.92 Å². The Bertz CT molecular complexity index is 648. The summed E-state index contributed by atoms with van der Waals surface area (Å²) in [5, 5.41) is 4.05. The predicted molar refractivity (Wildman–Crippen MR) is 85.4 cm³/mol. The number of amides is 1. The summed E-state index contributed by atoms with van der Waals surface area (Å²) >= 11 is 0. The summed E-state index contributed by atoms with van der Waals surface area (Å²) in [5.74, 6) is 0.0626. The molecule has 0 aliphatic carbocycles. The van der Waals surface area contributed by atoms with E-state index in [1.54, 1.807) is 0 Å². The zero-order valence-corrected chi connectivity index (χ0v) is 12.4. The van der Waals surface area contributed by atoms with Gasteiger partial charge in [0, 0.05) is 11.1 Å². The van der Waals surface area contributed by atoms with Crippen molar-refractivity contribution in [2.45, 2.75) is 26.2 Å². The molecule has 1 amide bonds. The molecule has 1 saturated heterocycles. The summed E-state index contributed by atoms with van der Waals surface area (Å²) in [6.07, 6.45) is 3.68. The van der Waals surface area contributed by atoms with E-state index in [0.29, 0.717) is 6.54 Å². The number of nitrogens with one attached hydrogen (secondary N) is 1. The van der Waals surface area contributed by atoms with Crippen molar-refractivity contribution >= 4 is 22.5 Å². The molecular formula is C17H21N3O. The molecular weight excluding hydrogens is 262 g/mol. The van der Waals surface area contributed by atoms with Crippen LogP contribution >= 0.6 is 0 Å². The lowest BCUT2D eigenvalue weighted by Crippen LogP contribution is -2.36. The molecule has 0 bridgehead atoms. The van der Waals surface area contributed by atoms with Crippen LogP contribution in [0.25, 0.3) is 10.9 Å². The molecule has 21 heavy (non-hydrogen) atoms. The monoisotopic (exact) mass is 283 g/mol. The number of hydrogen-bond acceptors (Lipinski definition) is 3. The highest BCUT2D eigenvalue weighted by atomic mass is 16.2. The minimum atomic E-state index is 0.0626. The van der Waals surface area contributed by atoms with E-state index in [1.165, 1.54) is 19.3 Å². The third kappa shape index (κ3) is 3.39. The Hall–Kier alpha value is -1.94. The van der Waals surface area contributed by atoms with Gasteiger partial charge in [0.25, 0.3) is 0 Å². The Balaban J connectivity index is 1.76. The number of aromatic nitrogens is 1. The first kappa shape index (κ1) is 14.0. The van der Waals surface area contributed by atoms with Crippen molar-refractivity contribution < 1.29 is 4.79 Å². The molecule has 1 aliphatic rings. The Kier molecular flexibility index (Phi) is 4.15. The van der Waals surface area contributed by atoms with Crippen LogP contribution in [0.3, 0.4) is 0 Å². The third-order valence-corrected chi connectivity index (χ3v) is 3.93. The fourth-order valence-electron chi connectivity index (χ4n) is 2.92. The number of rotatable bonds is 3. The first-order valence-corrected chi connectivity index (χ1v) is 7.61. The largest absolute Gasteiger partial charge is 0.324 e. The number of pyridine rings is 1. The zero-order valence-electron chi connectivity index (χ0n) is 12.4. The van der Waals surface area contributed by atoms with Gasteiger partial charge in [-0.25, -0.2) is 0 Å². The second-order valence-corrected chi connectivity index (χ2v) is 5.71. The molecule has 3 rings (SSSR count). The SMILES string of the molecule is Cc1cc(NC(=O)CN2CCCCC2)c2ccccc2n1. The second-order valence-electron chi connectivity index (χ2n) is 5.71. The van der Waals surface area contributed by atoms with Gasteiger partial charge < -0.3 is 5.32 Å². The van der Waals surface area contributed by atoms with E-state index < -0.39 is 0 Å². The average Bonchev–Trinajstić information content (AvgIpc) is 2.48. The summed E-state index contributed by atoms with van der Waals surface area (Å²) in [6.45, 7) is 4.50. The van der Waals surface area contributed by atoms with Crippen LogP contribution in [0.4, 0.5) is 5.69 Å². The topological polar surface area (TPSA) is 45.2 Å². The number of carbonyl (C=O) groups excluding carboxylic acids is 1. The highest BCUT2D eigenvalue weighted by molar-refractivity contribution is 6.01. The van der Waals surface area contributed by atoms with E-state index in [-0.39, 0.29) is 5.91 Å². The van der Waals surface area contributed by atoms with Gasteiger partial charge in [-0.3, -0.25) is 14.7 Å². The Morgan fingerprint density at radius 2 is 2.00 bits per heavy atom. The summed E-state index contributed by atoms with van der Waals surface area (Å²) in [5.41, 5.74) is 2.70. The molecule has 2 heterocycles. The van der Waals surface area contributed by atoms with E-state index in [1.807, 2.05) is 37.3 Å². The molecule has 4 heteroatoms. The first-order chi connectivity index (χ1) is 10.2. The molecule has 2 aromatic rings. The van der Waals surface area contributed by atoms with Crippen LogP contribution in [-0.2, 0) is 4.79 Å². The van der Waals surface area contributed by atoms with E-state index in [0.717, 1.165) is 35.4 Å². The lowest BCUT2D eigenvalue weighted by molar-refractivity contribution is -0.117. The van der Waals surface area contributed by atoms with E-state index in [2.05, 4.69) is 15.2 Å². The Labute approximate surface area is 125 Å². The number of piperidine rings is 1. The number of para-hydroxylation sites is 1. The van der Waals surface area contributed by atoms with Gasteiger partial charge in [0.05, 0.1) is 17.7 Å². The molecule has 1 fully saturated rings. The number of fused-ring (bicyclic) bond motifs is 1. The lowest BCUT2D eigenvalue weighted by Gasteiger charge is -2.25. The zero-order chi connectivity index (χ0) is 14.7. The van der Waals surface area contributed by atoms with Crippen molar-refractivity contribution in [3.8, 4) is 0 Å². The molecule has 0 spiro atoms. The number of benzene rings is 1. The minimum Gasteiger partial charge on any atom is -0.324 e. The fraction of sp³-hybridized carbons (Fsp3) is 0.412. The summed E-state index contributed by atoms with van der Waals surface area (Å²) in [4.78, 5) is 19.0. The van der Waals surface area contributed by atoms with Crippen LogP contribution in [0.1, 0.15) is 25.0 Å². The highest BCUT2D eigenvalue weighted by Crippen LogP contribution is 2.22. The Morgan fingerprint density at radius 1 is 1.24 bits per heavy atom. The van der Waals surface area contributed by atoms with Gasteiger partial charge in [0.1, 0.15) is 0 Å². The van der Waals surface area contributed by atoms with Crippen LogP contribution in [0.2, 0.25) is 0 Å². The molecule has 1 aliphatic heterocycles. The van der Waals surface area contributed by atoms with Crippen LogP contribution in [0.5, 0.6) is 0 Å². The van der Waals surface area contributed by atoms with Crippen LogP contribution in [0.15, 0.2) is 30.3 Å². The standard InChI is InChI=1S/C17H21N3O/c1-13-11-16(14-7-3-4-8-15(14)18-13)19-17(21)12-20-9-5-2-6-10-20/h3-4,7-8,11H,2,5-6,9-10,12H2,1H3,(H,18,19,21). The normalized spacial score (nSPS) is 16.0. The average molecular weight is 283 g/mol. The smallest absolute Gasteiger partial charge is 0.238 e. The van der Waals surface area contributed by atoms with Crippen LogP contribution < -0.4 is 5.32 Å². The summed E-state index contributed by atoms with van der Waals surface area (Å²) < 4.78 is 0. The Morgan fingerprint density at radius 3 is 2.81 bits per heavy atom. The second kappa shape index (κ2) is 6.22. The quantitative estimate of drug-likeness (QED) is 0.942. The number of likely N-dealkylation sites (tertiary alicyclic amines) is 1. The molecule has 0 saturated carbocycles. The molecule has 1 aromatic carbocycles. The van der Waals surface area contributed by atoms with Gasteiger partial charge in [0.2, 0.25) is 5.91 Å². The number of hydrogen-bond donors (Lipinski definition) is 1. The summed E-state index contributed by atoms with van der Waals surface area (Å²) in [6, 6.07) is 9.85. The van der Waals surface area contributed by atoms with Gasteiger partial charge in [-0.2, -0.15) is 0 Å².